The summed E-state index contributed by atoms with van der Waals surface area (Å²) in [5.74, 6) is 0.216. The second-order valence-electron chi connectivity index (χ2n) is 4.04. The zero-order valence-corrected chi connectivity index (χ0v) is 11.0. The molecule has 0 atom stereocenters. The van der Waals surface area contributed by atoms with Gasteiger partial charge in [0.2, 0.25) is 0 Å². The van der Waals surface area contributed by atoms with Crippen LogP contribution in [0.2, 0.25) is 0 Å². The van der Waals surface area contributed by atoms with E-state index in [0.29, 0.717) is 18.0 Å². The fourth-order valence-electron chi connectivity index (χ4n) is 1.59. The minimum Gasteiger partial charge on any atom is -0.504 e. The predicted octanol–water partition coefficient (Wildman–Crippen LogP) is 3.38. The summed E-state index contributed by atoms with van der Waals surface area (Å²) in [7, 11) is 0. The monoisotopic (exact) mass is 274 g/mol. The lowest BCUT2D eigenvalue weighted by atomic mass is 10.2. The SMILES string of the molecule is CCOc1cc(/C=N/Nc2ccc(F)cc2)ccc1O. The molecule has 4 nitrogen and oxygen atoms in total. The third-order valence-electron chi connectivity index (χ3n) is 2.54. The van der Waals surface area contributed by atoms with Gasteiger partial charge in [0.25, 0.3) is 0 Å². The first-order valence-electron chi connectivity index (χ1n) is 6.19. The number of hydrogen-bond donors (Lipinski definition) is 2. The molecule has 5 heteroatoms. The van der Waals surface area contributed by atoms with Crippen molar-refractivity contribution in [1.82, 2.24) is 0 Å². The molecule has 0 unspecified atom stereocenters. The standard InChI is InChI=1S/C15H15FN2O2/c1-2-20-15-9-11(3-8-14(15)19)10-17-18-13-6-4-12(16)5-7-13/h3-10,18-19H,2H2,1H3/b17-10+. The minimum absolute atomic E-state index is 0.0930. The number of hydrogen-bond acceptors (Lipinski definition) is 4. The van der Waals surface area contributed by atoms with Crippen molar-refractivity contribution in [2.45, 2.75) is 6.92 Å². The molecule has 0 fully saturated rings. The van der Waals surface area contributed by atoms with Crippen LogP contribution in [-0.4, -0.2) is 17.9 Å². The summed E-state index contributed by atoms with van der Waals surface area (Å²) in [5, 5.41) is 13.6. The molecule has 0 aliphatic rings. The van der Waals surface area contributed by atoms with Gasteiger partial charge in [-0.15, -0.1) is 0 Å². The molecule has 0 aliphatic carbocycles. The van der Waals surface area contributed by atoms with Crippen LogP contribution in [0.1, 0.15) is 12.5 Å². The van der Waals surface area contributed by atoms with Crippen LogP contribution in [0.15, 0.2) is 47.6 Å². The average Bonchev–Trinajstić information content (AvgIpc) is 2.45. The van der Waals surface area contributed by atoms with Gasteiger partial charge < -0.3 is 9.84 Å². The third-order valence-corrected chi connectivity index (χ3v) is 2.54. The van der Waals surface area contributed by atoms with E-state index in [4.69, 9.17) is 4.74 Å². The molecule has 0 amide bonds. The van der Waals surface area contributed by atoms with E-state index in [1.807, 2.05) is 6.92 Å². The first-order chi connectivity index (χ1) is 9.69. The largest absolute Gasteiger partial charge is 0.504 e. The van der Waals surface area contributed by atoms with Crippen LogP contribution in [0.3, 0.4) is 0 Å². The van der Waals surface area contributed by atoms with Crippen molar-refractivity contribution in [3.63, 3.8) is 0 Å². The summed E-state index contributed by atoms with van der Waals surface area (Å²) in [6, 6.07) is 10.8. The molecule has 2 N–H and O–H groups in total. The molecular weight excluding hydrogens is 259 g/mol. The van der Waals surface area contributed by atoms with Crippen LogP contribution in [-0.2, 0) is 0 Å². The van der Waals surface area contributed by atoms with Gasteiger partial charge in [-0.3, -0.25) is 5.43 Å². The molecule has 0 bridgehead atoms. The molecule has 0 radical (unpaired) electrons. The number of benzene rings is 2. The van der Waals surface area contributed by atoms with E-state index in [-0.39, 0.29) is 11.6 Å². The molecular formula is C15H15FN2O2. The Labute approximate surface area is 116 Å². The number of hydrazone groups is 1. The summed E-state index contributed by atoms with van der Waals surface area (Å²) in [4.78, 5) is 0. The number of halogens is 1. The van der Waals surface area contributed by atoms with E-state index in [9.17, 15) is 9.50 Å². The second-order valence-corrected chi connectivity index (χ2v) is 4.04. The van der Waals surface area contributed by atoms with Gasteiger partial charge in [-0.1, -0.05) is 0 Å². The van der Waals surface area contributed by atoms with Crippen molar-refractivity contribution in [3.8, 4) is 11.5 Å². The number of anilines is 1. The Morgan fingerprint density at radius 1 is 1.25 bits per heavy atom. The van der Waals surface area contributed by atoms with Crippen molar-refractivity contribution >= 4 is 11.9 Å². The summed E-state index contributed by atoms with van der Waals surface area (Å²) in [5.41, 5.74) is 4.25. The second kappa shape index (κ2) is 6.56. The molecule has 0 saturated carbocycles. The lowest BCUT2D eigenvalue weighted by Gasteiger charge is -2.06. The van der Waals surface area contributed by atoms with E-state index in [2.05, 4.69) is 10.5 Å². The summed E-state index contributed by atoms with van der Waals surface area (Å²) in [6.07, 6.45) is 1.59. The van der Waals surface area contributed by atoms with Gasteiger partial charge in [0.05, 0.1) is 18.5 Å². The zero-order valence-electron chi connectivity index (χ0n) is 11.0. The van der Waals surface area contributed by atoms with Crippen LogP contribution in [0.25, 0.3) is 0 Å². The molecule has 20 heavy (non-hydrogen) atoms. The molecule has 104 valence electrons. The molecule has 2 rings (SSSR count). The Kier molecular flexibility index (Phi) is 4.55. The van der Waals surface area contributed by atoms with E-state index in [0.717, 1.165) is 5.56 Å². The van der Waals surface area contributed by atoms with Crippen LogP contribution in [0, 0.1) is 5.82 Å². The third kappa shape index (κ3) is 3.71. The lowest BCUT2D eigenvalue weighted by molar-refractivity contribution is 0.318. The van der Waals surface area contributed by atoms with Gasteiger partial charge >= 0.3 is 0 Å². The molecule has 2 aromatic carbocycles. The number of nitrogens with zero attached hydrogens (tertiary/aromatic N) is 1. The fraction of sp³-hybridized carbons (Fsp3) is 0.133. The summed E-state index contributed by atoms with van der Waals surface area (Å²) in [6.45, 7) is 2.32. The van der Waals surface area contributed by atoms with E-state index < -0.39 is 0 Å². The highest BCUT2D eigenvalue weighted by Gasteiger charge is 2.01. The van der Waals surface area contributed by atoms with Crippen LogP contribution < -0.4 is 10.2 Å². The quantitative estimate of drug-likeness (QED) is 0.649. The number of ether oxygens (including phenoxy) is 1. The maximum absolute atomic E-state index is 12.7. The number of aromatic hydroxyl groups is 1. The molecule has 0 saturated heterocycles. The Balaban J connectivity index is 2.03. The van der Waals surface area contributed by atoms with Gasteiger partial charge in [-0.05, 0) is 55.0 Å². The first-order valence-corrected chi connectivity index (χ1v) is 6.19. The van der Waals surface area contributed by atoms with Gasteiger partial charge in [0, 0.05) is 0 Å². The van der Waals surface area contributed by atoms with E-state index >= 15 is 0 Å². The predicted molar refractivity (Wildman–Crippen MR) is 76.9 cm³/mol. The maximum Gasteiger partial charge on any atom is 0.161 e. The summed E-state index contributed by atoms with van der Waals surface area (Å²) < 4.78 is 18.0. The topological polar surface area (TPSA) is 53.8 Å². The first kappa shape index (κ1) is 13.9. The van der Waals surface area contributed by atoms with Crippen molar-refractivity contribution in [1.29, 1.82) is 0 Å². The Morgan fingerprint density at radius 2 is 2.00 bits per heavy atom. The van der Waals surface area contributed by atoms with Crippen molar-refractivity contribution in [3.05, 3.63) is 53.8 Å². The van der Waals surface area contributed by atoms with Crippen molar-refractivity contribution in [2.75, 3.05) is 12.0 Å². The lowest BCUT2D eigenvalue weighted by Crippen LogP contribution is -1.94. The maximum atomic E-state index is 12.7. The Morgan fingerprint density at radius 3 is 2.70 bits per heavy atom. The van der Waals surface area contributed by atoms with Gasteiger partial charge in [-0.25, -0.2) is 4.39 Å². The highest BCUT2D eigenvalue weighted by Crippen LogP contribution is 2.26. The molecule has 2 aromatic rings. The average molecular weight is 274 g/mol. The zero-order chi connectivity index (χ0) is 14.4. The van der Waals surface area contributed by atoms with E-state index in [1.54, 1.807) is 36.5 Å². The molecule has 0 aromatic heterocycles. The smallest absolute Gasteiger partial charge is 0.161 e. The highest BCUT2D eigenvalue weighted by molar-refractivity contribution is 5.81. The minimum atomic E-state index is -0.292. The fourth-order valence-corrected chi connectivity index (χ4v) is 1.59. The van der Waals surface area contributed by atoms with E-state index in [1.165, 1.54) is 12.1 Å². The number of nitrogens with one attached hydrogen (secondary N) is 1. The van der Waals surface area contributed by atoms with Gasteiger partial charge in [0.15, 0.2) is 11.5 Å². The van der Waals surface area contributed by atoms with Crippen molar-refractivity contribution < 1.29 is 14.2 Å². The normalized spacial score (nSPS) is 10.7. The van der Waals surface area contributed by atoms with Gasteiger partial charge in [-0.2, -0.15) is 5.10 Å². The molecule has 0 heterocycles. The molecule has 0 spiro atoms. The molecule has 0 aliphatic heterocycles. The highest BCUT2D eigenvalue weighted by atomic mass is 19.1. The number of rotatable bonds is 5. The number of phenolic OH excluding ortho intramolecular Hbond substituents is 1. The van der Waals surface area contributed by atoms with Crippen LogP contribution >= 0.6 is 0 Å². The Bertz CT molecular complexity index is 597. The number of phenols is 1. The summed E-state index contributed by atoms with van der Waals surface area (Å²) >= 11 is 0. The van der Waals surface area contributed by atoms with Crippen LogP contribution in [0.5, 0.6) is 11.5 Å². The van der Waals surface area contributed by atoms with Crippen molar-refractivity contribution in [2.24, 2.45) is 5.10 Å². The van der Waals surface area contributed by atoms with Gasteiger partial charge in [0.1, 0.15) is 5.82 Å². The van der Waals surface area contributed by atoms with Crippen LogP contribution in [0.4, 0.5) is 10.1 Å². The Hall–Kier alpha value is -2.56.